The van der Waals surface area contributed by atoms with Crippen molar-refractivity contribution in [3.63, 3.8) is 0 Å². The Kier molecular flexibility index (Phi) is 2.73. The van der Waals surface area contributed by atoms with Crippen molar-refractivity contribution in [1.82, 2.24) is 5.32 Å². The predicted octanol–water partition coefficient (Wildman–Crippen LogP) is 0.160. The van der Waals surface area contributed by atoms with Crippen molar-refractivity contribution in [2.24, 2.45) is 5.92 Å². The van der Waals surface area contributed by atoms with Gasteiger partial charge in [0.05, 0.1) is 0 Å². The lowest BCUT2D eigenvalue weighted by molar-refractivity contribution is 0.524. The maximum Gasteiger partial charge on any atom is 0.00713 e. The van der Waals surface area contributed by atoms with Gasteiger partial charge in [-0.05, 0) is 25.4 Å². The van der Waals surface area contributed by atoms with Gasteiger partial charge in [-0.1, -0.05) is 18.9 Å². The number of nitrogens with one attached hydrogen (secondary N) is 1. The SMILES string of the molecule is CCC([SiH3])C1CCNC1. The van der Waals surface area contributed by atoms with E-state index in [9.17, 15) is 0 Å². The summed E-state index contributed by atoms with van der Waals surface area (Å²) in [7, 11) is 1.39. The van der Waals surface area contributed by atoms with Crippen LogP contribution in [0.2, 0.25) is 5.54 Å². The minimum absolute atomic E-state index is 1.03. The van der Waals surface area contributed by atoms with Crippen molar-refractivity contribution in [3.05, 3.63) is 0 Å². The fourth-order valence-corrected chi connectivity index (χ4v) is 2.07. The summed E-state index contributed by atoms with van der Waals surface area (Å²) in [5.41, 5.74) is 1.07. The Balaban J connectivity index is 2.24. The van der Waals surface area contributed by atoms with E-state index in [4.69, 9.17) is 0 Å². The highest BCUT2D eigenvalue weighted by Crippen LogP contribution is 2.23. The first-order valence-corrected chi connectivity index (χ1v) is 5.20. The second-order valence-corrected chi connectivity index (χ2v) is 4.62. The first-order valence-electron chi connectivity index (χ1n) is 4.05. The smallest absolute Gasteiger partial charge is 0.00713 e. The highest BCUT2D eigenvalue weighted by atomic mass is 28.1. The molecule has 0 radical (unpaired) electrons. The summed E-state index contributed by atoms with van der Waals surface area (Å²) in [6, 6.07) is 0. The van der Waals surface area contributed by atoms with E-state index in [0.29, 0.717) is 0 Å². The van der Waals surface area contributed by atoms with Gasteiger partial charge in [0.2, 0.25) is 0 Å². The van der Waals surface area contributed by atoms with Crippen molar-refractivity contribution in [2.75, 3.05) is 13.1 Å². The minimum Gasteiger partial charge on any atom is -0.316 e. The molecule has 54 valence electrons. The third-order valence-corrected chi connectivity index (χ3v) is 4.31. The van der Waals surface area contributed by atoms with E-state index in [0.717, 1.165) is 11.5 Å². The van der Waals surface area contributed by atoms with Gasteiger partial charge in [-0.2, -0.15) is 0 Å². The van der Waals surface area contributed by atoms with Gasteiger partial charge in [0, 0.05) is 10.2 Å². The lowest BCUT2D eigenvalue weighted by Crippen LogP contribution is -2.13. The molecule has 1 saturated heterocycles. The van der Waals surface area contributed by atoms with E-state index in [1.165, 1.54) is 36.2 Å². The summed E-state index contributed by atoms with van der Waals surface area (Å²) in [5, 5.41) is 3.41. The maximum absolute atomic E-state index is 3.41. The van der Waals surface area contributed by atoms with Crippen molar-refractivity contribution >= 4 is 10.2 Å². The fraction of sp³-hybridized carbons (Fsp3) is 1.00. The van der Waals surface area contributed by atoms with Crippen molar-refractivity contribution in [3.8, 4) is 0 Å². The summed E-state index contributed by atoms with van der Waals surface area (Å²) in [5.74, 6) is 1.03. The highest BCUT2D eigenvalue weighted by Gasteiger charge is 2.18. The van der Waals surface area contributed by atoms with Crippen LogP contribution in [0, 0.1) is 5.92 Å². The summed E-state index contributed by atoms with van der Waals surface area (Å²) < 4.78 is 0. The van der Waals surface area contributed by atoms with Crippen LogP contribution >= 0.6 is 0 Å². The molecule has 0 amide bonds. The number of hydrogen-bond donors (Lipinski definition) is 1. The van der Waals surface area contributed by atoms with Crippen molar-refractivity contribution in [1.29, 1.82) is 0 Å². The molecule has 9 heavy (non-hydrogen) atoms. The first kappa shape index (κ1) is 7.29. The Morgan fingerprint density at radius 1 is 1.78 bits per heavy atom. The standard InChI is InChI=1S/C7H17NSi/c1-2-7(9)6-3-4-8-5-6/h6-8H,2-5H2,1,9H3. The highest BCUT2D eigenvalue weighted by molar-refractivity contribution is 6.11. The molecule has 1 fully saturated rings. The monoisotopic (exact) mass is 143 g/mol. The van der Waals surface area contributed by atoms with E-state index >= 15 is 0 Å². The van der Waals surface area contributed by atoms with Crippen LogP contribution in [-0.4, -0.2) is 23.3 Å². The van der Waals surface area contributed by atoms with Crippen LogP contribution in [0.15, 0.2) is 0 Å². The molecule has 2 unspecified atom stereocenters. The molecule has 0 saturated carbocycles. The van der Waals surface area contributed by atoms with Crippen LogP contribution in [-0.2, 0) is 0 Å². The van der Waals surface area contributed by atoms with Crippen molar-refractivity contribution in [2.45, 2.75) is 25.3 Å². The van der Waals surface area contributed by atoms with Gasteiger partial charge in [-0.25, -0.2) is 0 Å². The predicted molar refractivity (Wildman–Crippen MR) is 45.0 cm³/mol. The minimum atomic E-state index is 1.03. The second kappa shape index (κ2) is 3.37. The lowest BCUT2D eigenvalue weighted by atomic mass is 10.0. The molecule has 1 rings (SSSR count). The van der Waals surface area contributed by atoms with Gasteiger partial charge in [0.1, 0.15) is 0 Å². The Morgan fingerprint density at radius 3 is 3.00 bits per heavy atom. The van der Waals surface area contributed by atoms with E-state index in [-0.39, 0.29) is 0 Å². The van der Waals surface area contributed by atoms with Crippen LogP contribution < -0.4 is 5.32 Å². The zero-order valence-electron chi connectivity index (χ0n) is 6.48. The van der Waals surface area contributed by atoms with Gasteiger partial charge in [-0.3, -0.25) is 0 Å². The van der Waals surface area contributed by atoms with Crippen LogP contribution in [0.3, 0.4) is 0 Å². The Bertz CT molecular complexity index is 79.0. The summed E-state index contributed by atoms with van der Waals surface area (Å²) >= 11 is 0. The zero-order valence-corrected chi connectivity index (χ0v) is 8.48. The van der Waals surface area contributed by atoms with Gasteiger partial charge in [0.15, 0.2) is 0 Å². The lowest BCUT2D eigenvalue weighted by Gasteiger charge is -2.14. The Hall–Kier alpha value is 0.177. The molecular weight excluding hydrogens is 126 g/mol. The molecule has 1 aliphatic heterocycles. The molecule has 1 nitrogen and oxygen atoms in total. The average Bonchev–Trinajstić information content (AvgIpc) is 2.37. The van der Waals surface area contributed by atoms with Crippen LogP contribution in [0.25, 0.3) is 0 Å². The molecule has 0 bridgehead atoms. The molecule has 1 heterocycles. The summed E-state index contributed by atoms with van der Waals surface area (Å²) in [6.45, 7) is 4.88. The van der Waals surface area contributed by atoms with E-state index in [1.54, 1.807) is 0 Å². The van der Waals surface area contributed by atoms with Gasteiger partial charge in [0.25, 0.3) is 0 Å². The zero-order chi connectivity index (χ0) is 6.69. The Morgan fingerprint density at radius 2 is 2.56 bits per heavy atom. The molecule has 0 aliphatic carbocycles. The molecule has 1 N–H and O–H groups in total. The second-order valence-electron chi connectivity index (χ2n) is 3.14. The average molecular weight is 143 g/mol. The van der Waals surface area contributed by atoms with Gasteiger partial charge in [-0.15, -0.1) is 0 Å². The normalized spacial score (nSPS) is 31.0. The molecule has 1 aliphatic rings. The maximum atomic E-state index is 3.41. The first-order chi connectivity index (χ1) is 4.34. The van der Waals surface area contributed by atoms with E-state index in [1.807, 2.05) is 0 Å². The summed E-state index contributed by atoms with van der Waals surface area (Å²) in [6.07, 6.45) is 2.83. The largest absolute Gasteiger partial charge is 0.316 e. The topological polar surface area (TPSA) is 12.0 Å². The molecule has 0 aromatic rings. The number of hydrogen-bond acceptors (Lipinski definition) is 1. The van der Waals surface area contributed by atoms with Crippen molar-refractivity contribution < 1.29 is 0 Å². The molecule has 2 atom stereocenters. The molecule has 2 heteroatoms. The molecule has 0 spiro atoms. The Labute approximate surface area is 60.6 Å². The number of rotatable bonds is 2. The third kappa shape index (κ3) is 1.80. The molecular formula is C7H17NSi. The fourth-order valence-electron chi connectivity index (χ4n) is 1.50. The summed E-state index contributed by atoms with van der Waals surface area (Å²) in [4.78, 5) is 0. The quantitative estimate of drug-likeness (QED) is 0.543. The molecule has 0 aromatic heterocycles. The third-order valence-electron chi connectivity index (χ3n) is 2.55. The van der Waals surface area contributed by atoms with E-state index in [2.05, 4.69) is 12.2 Å². The molecule has 0 aromatic carbocycles. The van der Waals surface area contributed by atoms with Crippen LogP contribution in [0.1, 0.15) is 19.8 Å². The van der Waals surface area contributed by atoms with Gasteiger partial charge < -0.3 is 5.32 Å². The van der Waals surface area contributed by atoms with Gasteiger partial charge >= 0.3 is 0 Å². The van der Waals surface area contributed by atoms with Crippen LogP contribution in [0.4, 0.5) is 0 Å². The van der Waals surface area contributed by atoms with E-state index < -0.39 is 0 Å². The van der Waals surface area contributed by atoms with Crippen LogP contribution in [0.5, 0.6) is 0 Å².